The zero-order valence-corrected chi connectivity index (χ0v) is 25.6. The molecule has 0 saturated heterocycles. The van der Waals surface area contributed by atoms with Crippen LogP contribution in [0.2, 0.25) is 0 Å². The van der Waals surface area contributed by atoms with Crippen molar-refractivity contribution in [1.29, 1.82) is 0 Å². The summed E-state index contributed by atoms with van der Waals surface area (Å²) in [6.07, 6.45) is -1.54. The van der Waals surface area contributed by atoms with Gasteiger partial charge in [0.15, 0.2) is 12.2 Å². The molecule has 2 atom stereocenters. The fraction of sp³-hybridized carbons (Fsp3) is 0.394. The molecule has 0 aliphatic carbocycles. The van der Waals surface area contributed by atoms with Crippen LogP contribution in [-0.4, -0.2) is 62.5 Å². The largest absolute Gasteiger partial charge is 0.490 e. The van der Waals surface area contributed by atoms with Crippen molar-refractivity contribution >= 4 is 23.9 Å². The number of hydrogen-bond acceptors (Lipinski definition) is 10. The Balaban J connectivity index is 2.00. The second-order valence-electron chi connectivity index (χ2n) is 10.5. The van der Waals surface area contributed by atoms with Gasteiger partial charge in [-0.05, 0) is 49.2 Å². The van der Waals surface area contributed by atoms with Gasteiger partial charge in [-0.25, -0.2) is 9.59 Å². The highest BCUT2D eigenvalue weighted by Crippen LogP contribution is 2.33. The fourth-order valence-electron chi connectivity index (χ4n) is 3.77. The number of benzene rings is 2. The van der Waals surface area contributed by atoms with E-state index in [2.05, 4.69) is 27.0 Å². The normalized spacial score (nSPS) is 12.2. The van der Waals surface area contributed by atoms with Gasteiger partial charge in [-0.3, -0.25) is 9.59 Å². The van der Waals surface area contributed by atoms with E-state index >= 15 is 0 Å². The second-order valence-corrected chi connectivity index (χ2v) is 10.5. The zero-order chi connectivity index (χ0) is 32.2. The lowest BCUT2D eigenvalue weighted by molar-refractivity contribution is -0.157. The van der Waals surface area contributed by atoms with Crippen LogP contribution in [0.5, 0.6) is 11.5 Å². The highest BCUT2D eigenvalue weighted by molar-refractivity contribution is 5.87. The molecular weight excluding hydrogens is 556 g/mol. The van der Waals surface area contributed by atoms with Gasteiger partial charge in [-0.1, -0.05) is 51.3 Å². The van der Waals surface area contributed by atoms with Crippen molar-refractivity contribution in [3.8, 4) is 11.5 Å². The van der Waals surface area contributed by atoms with Gasteiger partial charge < -0.3 is 28.4 Å². The third kappa shape index (κ3) is 11.7. The van der Waals surface area contributed by atoms with Crippen LogP contribution in [0.4, 0.5) is 0 Å². The Morgan fingerprint density at radius 3 is 1.21 bits per heavy atom. The Morgan fingerprint density at radius 2 is 0.930 bits per heavy atom. The van der Waals surface area contributed by atoms with Crippen LogP contribution < -0.4 is 9.47 Å². The summed E-state index contributed by atoms with van der Waals surface area (Å²) in [6.45, 7) is 16.5. The Bertz CT molecular complexity index is 1190. The highest BCUT2D eigenvalue weighted by Gasteiger charge is 2.24. The van der Waals surface area contributed by atoms with Crippen LogP contribution in [0.15, 0.2) is 72.8 Å². The molecule has 0 aromatic heterocycles. The van der Waals surface area contributed by atoms with Crippen molar-refractivity contribution in [3.63, 3.8) is 0 Å². The lowest BCUT2D eigenvalue weighted by Crippen LogP contribution is -2.30. The van der Waals surface area contributed by atoms with Gasteiger partial charge in [-0.2, -0.15) is 0 Å². The van der Waals surface area contributed by atoms with Gasteiger partial charge in [0.2, 0.25) is 0 Å². The minimum absolute atomic E-state index is 0.00188. The molecule has 0 aliphatic rings. The first-order valence-corrected chi connectivity index (χ1v) is 13.7. The summed E-state index contributed by atoms with van der Waals surface area (Å²) in [5.74, 6) is -1.05. The number of carbonyl (C=O) groups excluding carboxylic acids is 4. The number of carbonyl (C=O) groups is 4. The maximum absolute atomic E-state index is 11.7. The molecule has 0 N–H and O–H groups in total. The highest BCUT2D eigenvalue weighted by atomic mass is 16.6. The van der Waals surface area contributed by atoms with Crippen LogP contribution in [0.3, 0.4) is 0 Å². The van der Waals surface area contributed by atoms with Crippen LogP contribution in [-0.2, 0) is 43.5 Å². The molecule has 10 nitrogen and oxygen atoms in total. The smallest absolute Gasteiger partial charge is 0.333 e. The summed E-state index contributed by atoms with van der Waals surface area (Å²) in [5, 5.41) is 0. The minimum atomic E-state index is -0.770. The third-order valence-corrected chi connectivity index (χ3v) is 6.19. The quantitative estimate of drug-likeness (QED) is 0.151. The zero-order valence-electron chi connectivity index (χ0n) is 25.6. The van der Waals surface area contributed by atoms with Crippen molar-refractivity contribution in [1.82, 2.24) is 0 Å². The molecule has 2 aromatic rings. The van der Waals surface area contributed by atoms with E-state index in [1.807, 2.05) is 48.5 Å². The fourth-order valence-corrected chi connectivity index (χ4v) is 3.77. The Labute approximate surface area is 252 Å². The van der Waals surface area contributed by atoms with E-state index < -0.39 is 36.1 Å². The van der Waals surface area contributed by atoms with Crippen molar-refractivity contribution < 1.29 is 47.6 Å². The van der Waals surface area contributed by atoms with Crippen molar-refractivity contribution in [2.75, 3.05) is 26.4 Å². The predicted octanol–water partition coefficient (Wildman–Crippen LogP) is 4.87. The first-order chi connectivity index (χ1) is 20.2. The molecule has 2 unspecified atom stereocenters. The monoisotopic (exact) mass is 596 g/mol. The lowest BCUT2D eigenvalue weighted by atomic mass is 9.78. The predicted molar refractivity (Wildman–Crippen MR) is 159 cm³/mol. The molecule has 0 spiro atoms. The van der Waals surface area contributed by atoms with Crippen LogP contribution in [0.1, 0.15) is 52.7 Å². The van der Waals surface area contributed by atoms with E-state index in [4.69, 9.17) is 28.4 Å². The maximum Gasteiger partial charge on any atom is 0.333 e. The van der Waals surface area contributed by atoms with Gasteiger partial charge >= 0.3 is 23.9 Å². The SMILES string of the molecule is C=C(C)C(=O)OCC(COc1ccc(C(C)(C)c2ccc(OCC(COC(=O)C(=C)C)OC(C)=O)cc2)cc1)OC(C)=O. The van der Waals surface area contributed by atoms with E-state index in [1.165, 1.54) is 27.7 Å². The molecule has 2 rings (SSSR count). The summed E-state index contributed by atoms with van der Waals surface area (Å²) in [6, 6.07) is 15.0. The topological polar surface area (TPSA) is 124 Å². The Kier molecular flexibility index (Phi) is 13.0. The lowest BCUT2D eigenvalue weighted by Gasteiger charge is -2.27. The average molecular weight is 597 g/mol. The average Bonchev–Trinajstić information content (AvgIpc) is 2.95. The molecular formula is C33H40O10. The summed E-state index contributed by atoms with van der Waals surface area (Å²) < 4.78 is 32.2. The molecule has 0 radical (unpaired) electrons. The number of hydrogen-bond donors (Lipinski definition) is 0. The molecule has 0 heterocycles. The van der Waals surface area contributed by atoms with Gasteiger partial charge in [0, 0.05) is 30.4 Å². The summed E-state index contributed by atoms with van der Waals surface area (Å²) in [5.41, 5.74) is 2.17. The van der Waals surface area contributed by atoms with E-state index in [-0.39, 0.29) is 43.0 Å². The number of ether oxygens (including phenoxy) is 6. The Hall–Kier alpha value is -4.60. The van der Waals surface area contributed by atoms with Crippen LogP contribution in [0, 0.1) is 0 Å². The van der Waals surface area contributed by atoms with Crippen molar-refractivity contribution in [2.24, 2.45) is 0 Å². The first kappa shape index (κ1) is 34.6. The van der Waals surface area contributed by atoms with E-state index in [1.54, 1.807) is 0 Å². The van der Waals surface area contributed by atoms with E-state index in [9.17, 15) is 19.2 Å². The number of esters is 4. The standard InChI is InChI=1S/C33H40O10/c1-21(2)31(36)40-19-29(42-23(5)34)17-38-27-13-9-25(10-14-27)33(7,8)26-11-15-28(16-12-26)39-18-30(43-24(6)35)20-41-32(37)22(3)4/h9-16,29-30H,1,3,17-20H2,2,4-8H3. The van der Waals surface area contributed by atoms with Crippen molar-refractivity contribution in [3.05, 3.63) is 84.0 Å². The molecule has 2 aromatic carbocycles. The molecule has 232 valence electrons. The molecule has 0 saturated carbocycles. The Morgan fingerprint density at radius 1 is 0.605 bits per heavy atom. The van der Waals surface area contributed by atoms with Crippen LogP contribution in [0.25, 0.3) is 0 Å². The van der Waals surface area contributed by atoms with Crippen molar-refractivity contribution in [2.45, 2.75) is 59.2 Å². The first-order valence-electron chi connectivity index (χ1n) is 13.7. The van der Waals surface area contributed by atoms with Gasteiger partial charge in [-0.15, -0.1) is 0 Å². The third-order valence-electron chi connectivity index (χ3n) is 6.19. The summed E-state index contributed by atoms with van der Waals surface area (Å²) in [7, 11) is 0. The van der Waals surface area contributed by atoms with Gasteiger partial charge in [0.25, 0.3) is 0 Å². The van der Waals surface area contributed by atoms with Gasteiger partial charge in [0.1, 0.15) is 37.9 Å². The molecule has 0 bridgehead atoms. The second kappa shape index (κ2) is 16.1. The number of rotatable bonds is 16. The summed E-state index contributed by atoms with van der Waals surface area (Å²) in [4.78, 5) is 46.3. The molecule has 0 fully saturated rings. The van der Waals surface area contributed by atoms with E-state index in [0.717, 1.165) is 11.1 Å². The summed E-state index contributed by atoms with van der Waals surface area (Å²) >= 11 is 0. The minimum Gasteiger partial charge on any atom is -0.490 e. The molecule has 10 heteroatoms. The van der Waals surface area contributed by atoms with E-state index in [0.29, 0.717) is 11.5 Å². The molecule has 43 heavy (non-hydrogen) atoms. The van der Waals surface area contributed by atoms with Gasteiger partial charge in [0.05, 0.1) is 0 Å². The maximum atomic E-state index is 11.7. The molecule has 0 amide bonds. The van der Waals surface area contributed by atoms with Crippen LogP contribution >= 0.6 is 0 Å². The molecule has 0 aliphatic heterocycles.